The molecule has 1 aromatic heterocycles. The normalized spacial score (nSPS) is 16.6. The average Bonchev–Trinajstić information content (AvgIpc) is 3.02. The Morgan fingerprint density at radius 1 is 0.759 bits per heavy atom. The Labute approximate surface area is 176 Å². The third kappa shape index (κ3) is 3.86. The fourth-order valence-electron chi connectivity index (χ4n) is 4.41. The van der Waals surface area contributed by atoms with Crippen molar-refractivity contribution in [1.82, 2.24) is 10.2 Å². The van der Waals surface area contributed by atoms with Crippen LogP contribution in [0.2, 0.25) is 0 Å². The number of rotatable bonds is 4. The van der Waals surface area contributed by atoms with Crippen LogP contribution in [0.1, 0.15) is 23.6 Å². The fourth-order valence-corrected chi connectivity index (χ4v) is 5.39. The van der Waals surface area contributed by atoms with Crippen molar-refractivity contribution in [2.45, 2.75) is 12.5 Å². The Hall–Kier alpha value is -2.46. The van der Waals surface area contributed by atoms with E-state index in [1.54, 1.807) is 0 Å². The minimum absolute atomic E-state index is 0.302. The Morgan fingerprint density at radius 3 is 2.38 bits per heavy atom. The number of nitrogens with one attached hydrogen (secondary N) is 1. The van der Waals surface area contributed by atoms with Crippen LogP contribution in [-0.2, 0) is 0 Å². The molecule has 3 aromatic carbocycles. The number of thiophene rings is 1. The second-order valence-corrected chi connectivity index (χ2v) is 8.63. The molecule has 0 bridgehead atoms. The maximum Gasteiger partial charge on any atom is 0.0616 e. The van der Waals surface area contributed by atoms with Gasteiger partial charge in [0.15, 0.2) is 0 Å². The predicted octanol–water partition coefficient (Wildman–Crippen LogP) is 5.95. The molecular formula is C26H26N2S. The predicted molar refractivity (Wildman–Crippen MR) is 125 cm³/mol. The molecule has 1 unspecified atom stereocenters. The van der Waals surface area contributed by atoms with Gasteiger partial charge in [-0.05, 0) is 52.1 Å². The Kier molecular flexibility index (Phi) is 5.44. The highest BCUT2D eigenvalue weighted by Gasteiger charge is 2.25. The number of hydrogen-bond acceptors (Lipinski definition) is 3. The minimum Gasteiger partial charge on any atom is -0.315 e. The molecule has 0 amide bonds. The van der Waals surface area contributed by atoms with Gasteiger partial charge in [-0.25, -0.2) is 0 Å². The Bertz CT molecular complexity index is 1060. The molecule has 0 saturated carbocycles. The van der Waals surface area contributed by atoms with Gasteiger partial charge in [0, 0.05) is 24.3 Å². The summed E-state index contributed by atoms with van der Waals surface area (Å²) >= 11 is 1.86. The van der Waals surface area contributed by atoms with Crippen molar-refractivity contribution in [3.63, 3.8) is 0 Å². The average molecular weight is 399 g/mol. The molecule has 1 aliphatic heterocycles. The third-order valence-corrected chi connectivity index (χ3v) is 6.86. The molecule has 146 valence electrons. The highest BCUT2D eigenvalue weighted by molar-refractivity contribution is 7.17. The van der Waals surface area contributed by atoms with Crippen molar-refractivity contribution in [2.24, 2.45) is 0 Å². The molecule has 5 rings (SSSR count). The summed E-state index contributed by atoms with van der Waals surface area (Å²) in [6.45, 7) is 4.37. The summed E-state index contributed by atoms with van der Waals surface area (Å²) in [5, 5.41) is 7.33. The molecular weight excluding hydrogens is 372 g/mol. The van der Waals surface area contributed by atoms with Crippen LogP contribution < -0.4 is 5.32 Å². The molecule has 4 aromatic rings. The van der Waals surface area contributed by atoms with Crippen LogP contribution in [0.4, 0.5) is 0 Å². The van der Waals surface area contributed by atoms with Crippen molar-refractivity contribution in [2.75, 3.05) is 26.2 Å². The zero-order chi connectivity index (χ0) is 19.5. The molecule has 2 nitrogen and oxygen atoms in total. The van der Waals surface area contributed by atoms with Gasteiger partial charge in [0.25, 0.3) is 0 Å². The van der Waals surface area contributed by atoms with Gasteiger partial charge in [0.2, 0.25) is 0 Å². The molecule has 1 fully saturated rings. The van der Waals surface area contributed by atoms with E-state index < -0.39 is 0 Å². The first-order valence-corrected chi connectivity index (χ1v) is 11.3. The minimum atomic E-state index is 0.302. The van der Waals surface area contributed by atoms with E-state index in [-0.39, 0.29) is 0 Å². The zero-order valence-electron chi connectivity index (χ0n) is 16.6. The van der Waals surface area contributed by atoms with E-state index in [2.05, 4.69) is 94.5 Å². The van der Waals surface area contributed by atoms with Gasteiger partial charge >= 0.3 is 0 Å². The summed E-state index contributed by atoms with van der Waals surface area (Å²) in [6.07, 6.45) is 1.20. The van der Waals surface area contributed by atoms with Crippen LogP contribution in [0.3, 0.4) is 0 Å². The van der Waals surface area contributed by atoms with Crippen molar-refractivity contribution >= 4 is 21.4 Å². The van der Waals surface area contributed by atoms with Gasteiger partial charge in [-0.3, -0.25) is 4.90 Å². The van der Waals surface area contributed by atoms with Crippen LogP contribution in [-0.4, -0.2) is 31.1 Å². The summed E-state index contributed by atoms with van der Waals surface area (Å²) in [5.74, 6) is 0. The van der Waals surface area contributed by atoms with Crippen LogP contribution in [0.5, 0.6) is 0 Å². The zero-order valence-corrected chi connectivity index (χ0v) is 17.4. The summed E-state index contributed by atoms with van der Waals surface area (Å²) < 4.78 is 1.38. The first-order valence-electron chi connectivity index (χ1n) is 10.5. The van der Waals surface area contributed by atoms with Crippen molar-refractivity contribution in [1.29, 1.82) is 0 Å². The van der Waals surface area contributed by atoms with E-state index in [0.717, 1.165) is 26.2 Å². The quantitative estimate of drug-likeness (QED) is 0.457. The summed E-state index contributed by atoms with van der Waals surface area (Å²) in [4.78, 5) is 2.66. The summed E-state index contributed by atoms with van der Waals surface area (Å²) in [7, 11) is 0. The van der Waals surface area contributed by atoms with E-state index >= 15 is 0 Å². The first kappa shape index (κ1) is 18.6. The number of hydrogen-bond donors (Lipinski definition) is 1. The van der Waals surface area contributed by atoms with E-state index in [1.165, 1.54) is 38.8 Å². The van der Waals surface area contributed by atoms with E-state index in [1.807, 2.05) is 11.3 Å². The van der Waals surface area contributed by atoms with Gasteiger partial charge in [-0.1, -0.05) is 72.8 Å². The molecule has 1 saturated heterocycles. The Morgan fingerprint density at radius 2 is 1.52 bits per heavy atom. The van der Waals surface area contributed by atoms with Crippen molar-refractivity contribution in [3.05, 3.63) is 95.4 Å². The smallest absolute Gasteiger partial charge is 0.0616 e. The van der Waals surface area contributed by atoms with Crippen LogP contribution >= 0.6 is 11.3 Å². The topological polar surface area (TPSA) is 15.3 Å². The van der Waals surface area contributed by atoms with Gasteiger partial charge in [0.05, 0.1) is 6.04 Å². The maximum absolute atomic E-state index is 3.56. The van der Waals surface area contributed by atoms with Crippen LogP contribution in [0.15, 0.2) is 84.2 Å². The second-order valence-electron chi connectivity index (χ2n) is 7.72. The van der Waals surface area contributed by atoms with Gasteiger partial charge in [0.1, 0.15) is 0 Å². The molecule has 0 spiro atoms. The van der Waals surface area contributed by atoms with Gasteiger partial charge < -0.3 is 5.32 Å². The molecule has 1 atom stereocenters. The molecule has 2 heterocycles. The molecule has 0 aliphatic carbocycles. The molecule has 3 heteroatoms. The SMILES string of the molecule is c1ccc(-c2ccc(C(c3csc4ccccc34)N3CCCNCC3)cc2)cc1. The molecule has 1 aliphatic rings. The highest BCUT2D eigenvalue weighted by atomic mass is 32.1. The number of benzene rings is 3. The largest absolute Gasteiger partial charge is 0.315 e. The lowest BCUT2D eigenvalue weighted by atomic mass is 9.94. The number of fused-ring (bicyclic) bond motifs is 1. The monoisotopic (exact) mass is 398 g/mol. The lowest BCUT2D eigenvalue weighted by molar-refractivity contribution is 0.242. The van der Waals surface area contributed by atoms with Crippen LogP contribution in [0, 0.1) is 0 Å². The summed E-state index contributed by atoms with van der Waals surface area (Å²) in [5.41, 5.74) is 5.38. The lowest BCUT2D eigenvalue weighted by Crippen LogP contribution is -2.32. The second kappa shape index (κ2) is 8.50. The molecule has 1 N–H and O–H groups in total. The standard InChI is InChI=1S/C26H26N2S/c1-2-7-20(8-3-1)21-11-13-22(14-12-21)26(28-17-6-15-27-16-18-28)24-19-29-25-10-5-4-9-23(24)25/h1-5,7-14,19,26-27H,6,15-18H2. The molecule has 29 heavy (non-hydrogen) atoms. The van der Waals surface area contributed by atoms with Gasteiger partial charge in [-0.2, -0.15) is 0 Å². The fraction of sp³-hybridized carbons (Fsp3) is 0.231. The molecule has 0 radical (unpaired) electrons. The van der Waals surface area contributed by atoms with E-state index in [4.69, 9.17) is 0 Å². The number of nitrogens with zero attached hydrogens (tertiary/aromatic N) is 1. The van der Waals surface area contributed by atoms with Crippen molar-refractivity contribution in [3.8, 4) is 11.1 Å². The lowest BCUT2D eigenvalue weighted by Gasteiger charge is -2.31. The Balaban J connectivity index is 1.56. The van der Waals surface area contributed by atoms with E-state index in [0.29, 0.717) is 6.04 Å². The summed E-state index contributed by atoms with van der Waals surface area (Å²) in [6, 6.07) is 29.0. The highest BCUT2D eigenvalue weighted by Crippen LogP contribution is 2.38. The third-order valence-electron chi connectivity index (χ3n) is 5.88. The van der Waals surface area contributed by atoms with Gasteiger partial charge in [-0.15, -0.1) is 11.3 Å². The maximum atomic E-state index is 3.56. The van der Waals surface area contributed by atoms with Crippen molar-refractivity contribution < 1.29 is 0 Å². The van der Waals surface area contributed by atoms with Crippen LogP contribution in [0.25, 0.3) is 21.2 Å². The van der Waals surface area contributed by atoms with E-state index in [9.17, 15) is 0 Å². The first-order chi connectivity index (χ1) is 14.4.